The number of alkyl halides is 3. The number of rotatable bonds is 5. The smallest absolute Gasteiger partial charge is 0.425 e. The fraction of sp³-hybridized carbons (Fsp3) is 0.333. The van der Waals surface area contributed by atoms with Gasteiger partial charge in [0, 0.05) is 25.0 Å². The minimum Gasteiger partial charge on any atom is -0.425 e. The van der Waals surface area contributed by atoms with Crippen molar-refractivity contribution in [2.75, 3.05) is 23.3 Å². The molecule has 2 aromatic rings. The van der Waals surface area contributed by atoms with Crippen LogP contribution in [0.4, 0.5) is 20.3 Å². The number of aromatic nitrogens is 1. The van der Waals surface area contributed by atoms with E-state index in [1.165, 1.54) is 24.3 Å². The molecule has 1 aliphatic heterocycles. The van der Waals surface area contributed by atoms with Crippen LogP contribution < -0.4 is 15.0 Å². The molecule has 0 bridgehead atoms. The average Bonchev–Trinajstić information content (AvgIpc) is 3.02. The van der Waals surface area contributed by atoms with Gasteiger partial charge < -0.3 is 15.0 Å². The lowest BCUT2D eigenvalue weighted by atomic mass is 10.2. The highest BCUT2D eigenvalue weighted by molar-refractivity contribution is 14.1. The van der Waals surface area contributed by atoms with Gasteiger partial charge in [0.2, 0.25) is 0 Å². The molecular weight excluding hydrogens is 455 g/mol. The van der Waals surface area contributed by atoms with Crippen LogP contribution in [0.25, 0.3) is 0 Å². The van der Waals surface area contributed by atoms with Gasteiger partial charge in [-0.15, -0.1) is 0 Å². The zero-order valence-corrected chi connectivity index (χ0v) is 16.2. The highest BCUT2D eigenvalue weighted by atomic mass is 127. The van der Waals surface area contributed by atoms with E-state index in [4.69, 9.17) is 0 Å². The molecule has 1 atom stereocenters. The molecule has 1 aliphatic rings. The summed E-state index contributed by atoms with van der Waals surface area (Å²) in [6, 6.07) is 9.32. The molecule has 1 fully saturated rings. The van der Waals surface area contributed by atoms with Crippen molar-refractivity contribution in [1.82, 2.24) is 4.98 Å². The first-order valence-electron chi connectivity index (χ1n) is 8.18. The van der Waals surface area contributed by atoms with Gasteiger partial charge in [-0.05, 0) is 48.7 Å². The van der Waals surface area contributed by atoms with E-state index in [1.807, 2.05) is 6.07 Å². The lowest BCUT2D eigenvalue weighted by molar-refractivity contribution is -0.0691. The molecule has 0 aliphatic carbocycles. The summed E-state index contributed by atoms with van der Waals surface area (Å²) in [5.74, 6) is 1.23. The summed E-state index contributed by atoms with van der Waals surface area (Å²) in [5.41, 5.74) is 0.914. The summed E-state index contributed by atoms with van der Waals surface area (Å²) in [7, 11) is 0. The van der Waals surface area contributed by atoms with Gasteiger partial charge in [-0.1, -0.05) is 6.92 Å². The molecule has 0 saturated carbocycles. The Morgan fingerprint density at radius 1 is 1.31 bits per heavy atom. The molecule has 1 amide bonds. The Bertz CT molecular complexity index is 764. The molecule has 1 N–H and O–H groups in total. The first-order valence-corrected chi connectivity index (χ1v) is 9.26. The topological polar surface area (TPSA) is 54.5 Å². The third kappa shape index (κ3) is 5.03. The van der Waals surface area contributed by atoms with Gasteiger partial charge in [0.1, 0.15) is 11.6 Å². The third-order valence-corrected chi connectivity index (χ3v) is 4.32. The van der Waals surface area contributed by atoms with Gasteiger partial charge in [0.25, 0.3) is 5.91 Å². The summed E-state index contributed by atoms with van der Waals surface area (Å²) in [6.45, 7) is 4.16. The van der Waals surface area contributed by atoms with Gasteiger partial charge >= 0.3 is 4.12 Å². The second kappa shape index (κ2) is 7.73. The molecule has 0 spiro atoms. The van der Waals surface area contributed by atoms with E-state index in [-0.39, 0.29) is 11.7 Å². The fourth-order valence-electron chi connectivity index (χ4n) is 2.79. The molecule has 2 heterocycles. The number of amides is 1. The molecule has 8 heteroatoms. The van der Waals surface area contributed by atoms with Crippen molar-refractivity contribution < 1.29 is 18.3 Å². The van der Waals surface area contributed by atoms with Crippen molar-refractivity contribution in [2.45, 2.75) is 17.5 Å². The number of nitrogens with one attached hydrogen (secondary N) is 1. The minimum absolute atomic E-state index is 0.0215. The Labute approximate surface area is 163 Å². The standard InChI is InChI=1S/C18H18F2IN3O2/c1-12-8-9-24(11-12)16-7-2-13(10-22-16)17(25)23-14-3-5-15(6-4-14)26-18(19,20)21/h2-7,10,12H,8-9,11H2,1H3,(H,23,25)/t12-/m1/s1. The normalized spacial score (nSPS) is 17.2. The maximum Gasteiger partial charge on any atom is 0.451 e. The number of benzene rings is 1. The van der Waals surface area contributed by atoms with Crippen LogP contribution in [-0.2, 0) is 0 Å². The minimum atomic E-state index is -3.27. The number of ether oxygens (including phenoxy) is 1. The molecule has 1 aromatic carbocycles. The van der Waals surface area contributed by atoms with Crippen molar-refractivity contribution in [2.24, 2.45) is 5.92 Å². The highest BCUT2D eigenvalue weighted by Gasteiger charge is 2.26. The van der Waals surface area contributed by atoms with E-state index < -0.39 is 4.12 Å². The average molecular weight is 473 g/mol. The largest absolute Gasteiger partial charge is 0.451 e. The van der Waals surface area contributed by atoms with E-state index in [0.29, 0.717) is 17.2 Å². The van der Waals surface area contributed by atoms with Gasteiger partial charge in [0.15, 0.2) is 0 Å². The number of hydrogen-bond acceptors (Lipinski definition) is 4. The Kier molecular flexibility index (Phi) is 5.59. The summed E-state index contributed by atoms with van der Waals surface area (Å²) in [4.78, 5) is 18.9. The van der Waals surface area contributed by atoms with E-state index in [2.05, 4.69) is 26.9 Å². The number of hydrogen-bond donors (Lipinski definition) is 1. The molecule has 138 valence electrons. The van der Waals surface area contributed by atoms with Crippen molar-refractivity contribution in [1.29, 1.82) is 0 Å². The summed E-state index contributed by atoms with van der Waals surface area (Å²) in [5, 5.41) is 2.71. The van der Waals surface area contributed by atoms with E-state index >= 15 is 0 Å². The van der Waals surface area contributed by atoms with E-state index in [0.717, 1.165) is 47.9 Å². The highest BCUT2D eigenvalue weighted by Crippen LogP contribution is 2.28. The Hall–Kier alpha value is -1.97. The second-order valence-corrected chi connectivity index (χ2v) is 7.53. The van der Waals surface area contributed by atoms with Crippen LogP contribution in [0.15, 0.2) is 42.6 Å². The second-order valence-electron chi connectivity index (χ2n) is 6.27. The number of carbonyl (C=O) groups is 1. The Balaban J connectivity index is 1.61. The van der Waals surface area contributed by atoms with Gasteiger partial charge in [-0.3, -0.25) is 4.79 Å². The van der Waals surface area contributed by atoms with Crippen LogP contribution in [-0.4, -0.2) is 28.1 Å². The predicted octanol–water partition coefficient (Wildman–Crippen LogP) is 4.54. The maximum atomic E-state index is 12.8. The first-order chi connectivity index (χ1) is 12.3. The maximum absolute atomic E-state index is 12.8. The van der Waals surface area contributed by atoms with Gasteiger partial charge in [0.05, 0.1) is 28.2 Å². The number of anilines is 2. The van der Waals surface area contributed by atoms with Crippen molar-refractivity contribution in [3.63, 3.8) is 0 Å². The molecule has 3 rings (SSSR count). The molecule has 1 aromatic heterocycles. The summed E-state index contributed by atoms with van der Waals surface area (Å²) in [6.07, 6.45) is 2.69. The molecule has 26 heavy (non-hydrogen) atoms. The zero-order valence-electron chi connectivity index (χ0n) is 14.1. The number of pyridine rings is 1. The quantitative estimate of drug-likeness (QED) is 0.512. The van der Waals surface area contributed by atoms with Crippen LogP contribution in [0, 0.1) is 5.92 Å². The van der Waals surface area contributed by atoms with Crippen molar-refractivity contribution in [3.05, 3.63) is 48.2 Å². The molecule has 1 saturated heterocycles. The van der Waals surface area contributed by atoms with Gasteiger partial charge in [-0.25, -0.2) is 4.98 Å². The van der Waals surface area contributed by atoms with Crippen LogP contribution in [0.1, 0.15) is 23.7 Å². The number of halogens is 3. The first kappa shape index (κ1) is 18.8. The Morgan fingerprint density at radius 3 is 2.58 bits per heavy atom. The van der Waals surface area contributed by atoms with E-state index in [1.54, 1.807) is 12.3 Å². The van der Waals surface area contributed by atoms with Crippen LogP contribution in [0.5, 0.6) is 5.75 Å². The van der Waals surface area contributed by atoms with Crippen LogP contribution >= 0.6 is 22.6 Å². The summed E-state index contributed by atoms with van der Waals surface area (Å²) >= 11 is 0.898. The van der Waals surface area contributed by atoms with Crippen molar-refractivity contribution in [3.8, 4) is 5.75 Å². The monoisotopic (exact) mass is 473 g/mol. The SMILES string of the molecule is C[C@@H]1CCN(c2ccc(C(=O)Nc3ccc(OC(F)(F)I)cc3)cn2)C1. The van der Waals surface area contributed by atoms with Crippen LogP contribution in [0.3, 0.4) is 0 Å². The molecule has 0 unspecified atom stereocenters. The predicted molar refractivity (Wildman–Crippen MR) is 104 cm³/mol. The number of carbonyl (C=O) groups excluding carboxylic acids is 1. The summed E-state index contributed by atoms with van der Waals surface area (Å²) < 4.78 is 26.7. The third-order valence-electron chi connectivity index (χ3n) is 4.10. The Morgan fingerprint density at radius 2 is 2.04 bits per heavy atom. The van der Waals surface area contributed by atoms with E-state index in [9.17, 15) is 13.6 Å². The zero-order chi connectivity index (χ0) is 18.7. The molecule has 0 radical (unpaired) electrons. The fourth-order valence-corrected chi connectivity index (χ4v) is 3.05. The van der Waals surface area contributed by atoms with Crippen LogP contribution in [0.2, 0.25) is 0 Å². The van der Waals surface area contributed by atoms with Crippen molar-refractivity contribution >= 4 is 40.0 Å². The number of nitrogens with zero attached hydrogens (tertiary/aromatic N) is 2. The lowest BCUT2D eigenvalue weighted by Gasteiger charge is -2.17. The molecule has 5 nitrogen and oxygen atoms in total. The molecular formula is C18H18F2IN3O2. The van der Waals surface area contributed by atoms with Gasteiger partial charge in [-0.2, -0.15) is 8.78 Å². The lowest BCUT2D eigenvalue weighted by Crippen LogP contribution is -2.20.